The SMILES string of the molecule is CC(CC(N)=S)N(C)C(=O)Nc1cc(Cl)ccc1Cl. The summed E-state index contributed by atoms with van der Waals surface area (Å²) in [4.78, 5) is 13.9. The van der Waals surface area contributed by atoms with Crippen LogP contribution in [0.1, 0.15) is 13.3 Å². The summed E-state index contributed by atoms with van der Waals surface area (Å²) >= 11 is 16.7. The number of amides is 2. The average Bonchev–Trinajstić information content (AvgIpc) is 2.31. The summed E-state index contributed by atoms with van der Waals surface area (Å²) in [5, 5.41) is 3.61. The Kier molecular flexibility index (Phi) is 5.85. The summed E-state index contributed by atoms with van der Waals surface area (Å²) in [6, 6.07) is 4.47. The van der Waals surface area contributed by atoms with E-state index in [1.807, 2.05) is 6.92 Å². The second-order valence-corrected chi connectivity index (χ2v) is 5.55. The minimum absolute atomic E-state index is 0.101. The second-order valence-electron chi connectivity index (χ2n) is 4.18. The monoisotopic (exact) mass is 319 g/mol. The fraction of sp³-hybridized carbons (Fsp3) is 0.333. The summed E-state index contributed by atoms with van der Waals surface area (Å²) < 4.78 is 0. The van der Waals surface area contributed by atoms with Gasteiger partial charge in [-0.15, -0.1) is 0 Å². The van der Waals surface area contributed by atoms with Crippen LogP contribution in [-0.4, -0.2) is 29.0 Å². The maximum Gasteiger partial charge on any atom is 0.321 e. The van der Waals surface area contributed by atoms with Gasteiger partial charge in [0.1, 0.15) is 0 Å². The number of hydrogen-bond acceptors (Lipinski definition) is 2. The number of nitrogens with two attached hydrogens (primary N) is 1. The first-order valence-corrected chi connectivity index (χ1v) is 6.75. The normalized spacial score (nSPS) is 11.8. The molecular weight excluding hydrogens is 305 g/mol. The van der Waals surface area contributed by atoms with E-state index in [0.717, 1.165) is 0 Å². The predicted molar refractivity (Wildman–Crippen MR) is 84.1 cm³/mol. The van der Waals surface area contributed by atoms with Gasteiger partial charge < -0.3 is 16.0 Å². The van der Waals surface area contributed by atoms with Gasteiger partial charge in [-0.2, -0.15) is 0 Å². The molecule has 2 amide bonds. The molecule has 1 unspecified atom stereocenters. The summed E-state index contributed by atoms with van der Waals surface area (Å²) in [6.45, 7) is 1.86. The topological polar surface area (TPSA) is 58.4 Å². The molecule has 0 aromatic heterocycles. The van der Waals surface area contributed by atoms with Crippen LogP contribution in [0.3, 0.4) is 0 Å². The molecule has 0 saturated carbocycles. The molecule has 0 fully saturated rings. The van der Waals surface area contributed by atoms with Gasteiger partial charge in [-0.25, -0.2) is 4.79 Å². The Morgan fingerprint density at radius 1 is 1.53 bits per heavy atom. The van der Waals surface area contributed by atoms with Crippen LogP contribution >= 0.6 is 35.4 Å². The molecular formula is C12H15Cl2N3OS. The van der Waals surface area contributed by atoms with E-state index < -0.39 is 0 Å². The molecule has 7 heteroatoms. The standard InChI is InChI=1S/C12H15Cl2N3OS/c1-7(5-11(15)19)17(2)12(18)16-10-6-8(13)3-4-9(10)14/h3-4,6-7H,5H2,1-2H3,(H2,15,19)(H,16,18). The van der Waals surface area contributed by atoms with Crippen LogP contribution in [0.25, 0.3) is 0 Å². The first kappa shape index (κ1) is 16.0. The number of anilines is 1. The van der Waals surface area contributed by atoms with Crippen molar-refractivity contribution in [2.45, 2.75) is 19.4 Å². The number of thiocarbonyl (C=S) groups is 1. The lowest BCUT2D eigenvalue weighted by Gasteiger charge is -2.25. The van der Waals surface area contributed by atoms with E-state index in [1.165, 1.54) is 4.90 Å². The van der Waals surface area contributed by atoms with Gasteiger partial charge >= 0.3 is 6.03 Å². The molecule has 0 aliphatic carbocycles. The van der Waals surface area contributed by atoms with E-state index in [-0.39, 0.29) is 12.1 Å². The molecule has 0 saturated heterocycles. The average molecular weight is 320 g/mol. The summed E-state index contributed by atoms with van der Waals surface area (Å²) in [5.74, 6) is 0. The van der Waals surface area contributed by atoms with Crippen molar-refractivity contribution in [1.82, 2.24) is 4.90 Å². The molecule has 3 N–H and O–H groups in total. The van der Waals surface area contributed by atoms with E-state index in [9.17, 15) is 4.79 Å². The predicted octanol–water partition coefficient (Wildman–Crippen LogP) is 3.52. The molecule has 0 aliphatic heterocycles. The quantitative estimate of drug-likeness (QED) is 0.835. The number of urea groups is 1. The van der Waals surface area contributed by atoms with Crippen LogP contribution in [0, 0.1) is 0 Å². The Balaban J connectivity index is 2.73. The molecule has 104 valence electrons. The molecule has 0 spiro atoms. The van der Waals surface area contributed by atoms with Gasteiger partial charge in [-0.05, 0) is 25.1 Å². The Labute approximate surface area is 127 Å². The van der Waals surface area contributed by atoms with Gasteiger partial charge in [0.15, 0.2) is 0 Å². The number of carbonyl (C=O) groups is 1. The lowest BCUT2D eigenvalue weighted by Crippen LogP contribution is -2.40. The van der Waals surface area contributed by atoms with Gasteiger partial charge in [-0.1, -0.05) is 35.4 Å². The van der Waals surface area contributed by atoms with Crippen molar-refractivity contribution in [3.63, 3.8) is 0 Å². The largest absolute Gasteiger partial charge is 0.393 e. The molecule has 1 rings (SSSR count). The van der Waals surface area contributed by atoms with Crippen molar-refractivity contribution in [2.24, 2.45) is 5.73 Å². The van der Waals surface area contributed by atoms with Crippen LogP contribution in [0.5, 0.6) is 0 Å². The van der Waals surface area contributed by atoms with Crippen molar-refractivity contribution in [3.8, 4) is 0 Å². The lowest BCUT2D eigenvalue weighted by atomic mass is 10.2. The van der Waals surface area contributed by atoms with Crippen molar-refractivity contribution in [2.75, 3.05) is 12.4 Å². The molecule has 0 heterocycles. The maximum atomic E-state index is 12.0. The number of halogens is 2. The van der Waals surface area contributed by atoms with Crippen molar-refractivity contribution < 1.29 is 4.79 Å². The summed E-state index contributed by atoms with van der Waals surface area (Å²) in [6.07, 6.45) is 0.461. The third-order valence-electron chi connectivity index (χ3n) is 2.65. The van der Waals surface area contributed by atoms with Crippen LogP contribution < -0.4 is 11.1 Å². The third kappa shape index (κ3) is 4.86. The van der Waals surface area contributed by atoms with Crippen molar-refractivity contribution in [3.05, 3.63) is 28.2 Å². The fourth-order valence-corrected chi connectivity index (χ4v) is 2.00. The Morgan fingerprint density at radius 3 is 2.74 bits per heavy atom. The zero-order valence-electron chi connectivity index (χ0n) is 10.6. The maximum absolute atomic E-state index is 12.0. The van der Waals surface area contributed by atoms with E-state index in [1.54, 1.807) is 25.2 Å². The number of hydrogen-bond donors (Lipinski definition) is 2. The van der Waals surface area contributed by atoms with Gasteiger partial charge in [0.25, 0.3) is 0 Å². The van der Waals surface area contributed by atoms with Gasteiger partial charge in [0.2, 0.25) is 0 Å². The number of benzene rings is 1. The van der Waals surface area contributed by atoms with E-state index in [2.05, 4.69) is 5.32 Å². The highest BCUT2D eigenvalue weighted by atomic mass is 35.5. The van der Waals surface area contributed by atoms with E-state index in [0.29, 0.717) is 27.1 Å². The van der Waals surface area contributed by atoms with E-state index >= 15 is 0 Å². The minimum atomic E-state index is -0.298. The molecule has 19 heavy (non-hydrogen) atoms. The summed E-state index contributed by atoms with van der Waals surface area (Å²) in [5.41, 5.74) is 5.93. The van der Waals surface area contributed by atoms with Crippen molar-refractivity contribution in [1.29, 1.82) is 0 Å². The molecule has 1 atom stereocenters. The summed E-state index contributed by atoms with van der Waals surface area (Å²) in [7, 11) is 1.66. The van der Waals surface area contributed by atoms with Crippen molar-refractivity contribution >= 4 is 52.1 Å². The van der Waals surface area contributed by atoms with Gasteiger partial charge in [0, 0.05) is 24.5 Å². The van der Waals surface area contributed by atoms with Gasteiger partial charge in [0.05, 0.1) is 15.7 Å². The van der Waals surface area contributed by atoms with E-state index in [4.69, 9.17) is 41.2 Å². The molecule has 0 aliphatic rings. The molecule has 1 aromatic carbocycles. The Hall–Kier alpha value is -1.04. The Bertz CT molecular complexity index is 496. The highest BCUT2D eigenvalue weighted by molar-refractivity contribution is 7.80. The van der Waals surface area contributed by atoms with Crippen LogP contribution in [-0.2, 0) is 0 Å². The molecule has 0 radical (unpaired) electrons. The second kappa shape index (κ2) is 6.93. The number of nitrogens with zero attached hydrogens (tertiary/aromatic N) is 1. The molecule has 4 nitrogen and oxygen atoms in total. The van der Waals surface area contributed by atoms with Crippen LogP contribution in [0.15, 0.2) is 18.2 Å². The van der Waals surface area contributed by atoms with Crippen LogP contribution in [0.4, 0.5) is 10.5 Å². The first-order valence-electron chi connectivity index (χ1n) is 5.58. The van der Waals surface area contributed by atoms with Gasteiger partial charge in [-0.3, -0.25) is 0 Å². The lowest BCUT2D eigenvalue weighted by molar-refractivity contribution is 0.209. The molecule has 0 bridgehead atoms. The fourth-order valence-electron chi connectivity index (χ4n) is 1.42. The number of rotatable bonds is 4. The number of nitrogens with one attached hydrogen (secondary N) is 1. The van der Waals surface area contributed by atoms with Crippen LogP contribution in [0.2, 0.25) is 10.0 Å². The Morgan fingerprint density at radius 2 is 2.16 bits per heavy atom. The minimum Gasteiger partial charge on any atom is -0.393 e. The molecule has 1 aromatic rings. The highest BCUT2D eigenvalue weighted by Crippen LogP contribution is 2.25. The zero-order chi connectivity index (χ0) is 14.6. The number of carbonyl (C=O) groups excluding carboxylic acids is 1. The third-order valence-corrected chi connectivity index (χ3v) is 3.38. The smallest absolute Gasteiger partial charge is 0.321 e. The highest BCUT2D eigenvalue weighted by Gasteiger charge is 2.17. The zero-order valence-corrected chi connectivity index (χ0v) is 12.9. The first-order chi connectivity index (χ1) is 8.81.